The van der Waals surface area contributed by atoms with E-state index in [1.807, 2.05) is 0 Å². The highest BCUT2D eigenvalue weighted by Gasteiger charge is 2.17. The predicted octanol–water partition coefficient (Wildman–Crippen LogP) is 4.76. The van der Waals surface area contributed by atoms with Crippen LogP contribution in [0.5, 0.6) is 0 Å². The van der Waals surface area contributed by atoms with Crippen LogP contribution in [0.4, 0.5) is 11.4 Å². The summed E-state index contributed by atoms with van der Waals surface area (Å²) in [6, 6.07) is 17.7. The molecule has 0 unspecified atom stereocenters. The zero-order valence-corrected chi connectivity index (χ0v) is 20.4. The zero-order valence-electron chi connectivity index (χ0n) is 18.8. The number of carboxylic acids is 1. The molecule has 0 radical (unpaired) electrons. The second-order valence-corrected chi connectivity index (χ2v) is 9.59. The van der Waals surface area contributed by atoms with Gasteiger partial charge in [0.1, 0.15) is 0 Å². The van der Waals surface area contributed by atoms with Crippen LogP contribution in [-0.2, 0) is 9.53 Å². The van der Waals surface area contributed by atoms with Crippen LogP contribution in [0.25, 0.3) is 10.2 Å². The number of rotatable bonds is 8. The lowest BCUT2D eigenvalue weighted by molar-refractivity contribution is -0.113. The molecule has 3 N–H and O–H groups in total. The number of amides is 2. The number of anilines is 2. The van der Waals surface area contributed by atoms with Crippen LogP contribution in [0.1, 0.15) is 31.1 Å². The van der Waals surface area contributed by atoms with Crippen molar-refractivity contribution in [1.82, 2.24) is 4.98 Å². The topological polar surface area (TPSA) is 135 Å². The minimum atomic E-state index is -1.18. The second-order valence-electron chi connectivity index (χ2n) is 7.34. The maximum atomic E-state index is 12.6. The van der Waals surface area contributed by atoms with Gasteiger partial charge in [0.15, 0.2) is 4.34 Å². The lowest BCUT2D eigenvalue weighted by Crippen LogP contribution is -2.17. The number of thioether (sulfide) groups is 1. The van der Waals surface area contributed by atoms with Crippen LogP contribution in [0.2, 0.25) is 0 Å². The average Bonchev–Trinajstić information content (AvgIpc) is 3.29. The molecule has 0 aliphatic rings. The van der Waals surface area contributed by atoms with E-state index in [2.05, 4.69) is 15.6 Å². The summed E-state index contributed by atoms with van der Waals surface area (Å²) in [5, 5.41) is 14.7. The monoisotopic (exact) mass is 521 g/mol. The number of para-hydroxylation sites is 1. The highest BCUT2D eigenvalue weighted by Crippen LogP contribution is 2.31. The summed E-state index contributed by atoms with van der Waals surface area (Å²) in [4.78, 5) is 52.9. The van der Waals surface area contributed by atoms with E-state index in [9.17, 15) is 24.3 Å². The number of nitrogens with zero attached hydrogens (tertiary/aromatic N) is 1. The van der Waals surface area contributed by atoms with E-state index in [1.54, 1.807) is 54.6 Å². The Kier molecular flexibility index (Phi) is 7.62. The summed E-state index contributed by atoms with van der Waals surface area (Å²) in [6.45, 7) is 0. The molecule has 0 aliphatic carbocycles. The molecule has 4 rings (SSSR count). The summed E-state index contributed by atoms with van der Waals surface area (Å²) in [7, 11) is 1.27. The Morgan fingerprint density at radius 2 is 1.64 bits per heavy atom. The number of methoxy groups -OCH3 is 1. The lowest BCUT2D eigenvalue weighted by atomic mass is 10.1. The van der Waals surface area contributed by atoms with Gasteiger partial charge >= 0.3 is 11.9 Å². The minimum absolute atomic E-state index is 0.0606. The van der Waals surface area contributed by atoms with Crippen molar-refractivity contribution in [1.29, 1.82) is 0 Å². The summed E-state index contributed by atoms with van der Waals surface area (Å²) in [6.07, 6.45) is 0. The van der Waals surface area contributed by atoms with Crippen molar-refractivity contribution < 1.29 is 29.0 Å². The van der Waals surface area contributed by atoms with Crippen molar-refractivity contribution >= 4 is 68.4 Å². The van der Waals surface area contributed by atoms with Crippen molar-refractivity contribution in [2.75, 3.05) is 23.5 Å². The fourth-order valence-electron chi connectivity index (χ4n) is 3.30. The number of thiazole rings is 1. The second kappa shape index (κ2) is 11.0. The predicted molar refractivity (Wildman–Crippen MR) is 138 cm³/mol. The summed E-state index contributed by atoms with van der Waals surface area (Å²) < 4.78 is 6.18. The molecule has 0 atom stereocenters. The summed E-state index contributed by atoms with van der Waals surface area (Å²) in [5.41, 5.74) is 1.79. The van der Waals surface area contributed by atoms with Gasteiger partial charge in [0, 0.05) is 5.69 Å². The SMILES string of the molecule is COC(=O)c1ccccc1NC(=O)CSc1nc2ccc(NC(=O)c3ccccc3C(=O)O)cc2s1. The van der Waals surface area contributed by atoms with Gasteiger partial charge in [-0.2, -0.15) is 0 Å². The van der Waals surface area contributed by atoms with E-state index in [4.69, 9.17) is 4.74 Å². The third-order valence-corrected chi connectivity index (χ3v) is 7.12. The fraction of sp³-hybridized carbons (Fsp3) is 0.0800. The summed E-state index contributed by atoms with van der Waals surface area (Å²) >= 11 is 2.60. The number of hydrogen-bond donors (Lipinski definition) is 3. The number of hydrogen-bond acceptors (Lipinski definition) is 8. The van der Waals surface area contributed by atoms with Gasteiger partial charge in [-0.25, -0.2) is 14.6 Å². The molecule has 0 saturated heterocycles. The molecule has 0 spiro atoms. The number of ether oxygens (including phenoxy) is 1. The van der Waals surface area contributed by atoms with Gasteiger partial charge in [-0.05, 0) is 42.5 Å². The van der Waals surface area contributed by atoms with E-state index in [0.29, 0.717) is 21.2 Å². The van der Waals surface area contributed by atoms with E-state index in [-0.39, 0.29) is 28.4 Å². The van der Waals surface area contributed by atoms with E-state index < -0.39 is 17.8 Å². The number of nitrogens with one attached hydrogen (secondary N) is 2. The Bertz CT molecular complexity index is 1480. The molecule has 182 valence electrons. The largest absolute Gasteiger partial charge is 0.478 e. The van der Waals surface area contributed by atoms with Gasteiger partial charge < -0.3 is 20.5 Å². The first kappa shape index (κ1) is 24.9. The highest BCUT2D eigenvalue weighted by molar-refractivity contribution is 8.01. The Balaban J connectivity index is 1.42. The smallest absolute Gasteiger partial charge is 0.339 e. The first-order valence-electron chi connectivity index (χ1n) is 10.5. The van der Waals surface area contributed by atoms with E-state index in [1.165, 1.54) is 42.3 Å². The quantitative estimate of drug-likeness (QED) is 0.223. The van der Waals surface area contributed by atoms with Gasteiger partial charge in [0.05, 0.1) is 45.5 Å². The minimum Gasteiger partial charge on any atom is -0.478 e. The van der Waals surface area contributed by atoms with Gasteiger partial charge in [-0.15, -0.1) is 11.3 Å². The Hall–Kier alpha value is -4.22. The molecule has 0 bridgehead atoms. The average molecular weight is 522 g/mol. The van der Waals surface area contributed by atoms with Crippen LogP contribution >= 0.6 is 23.1 Å². The molecule has 2 amide bonds. The Morgan fingerprint density at radius 3 is 2.36 bits per heavy atom. The van der Waals surface area contributed by atoms with Gasteiger partial charge in [-0.1, -0.05) is 36.0 Å². The molecule has 1 heterocycles. The van der Waals surface area contributed by atoms with E-state index in [0.717, 1.165) is 4.70 Å². The highest BCUT2D eigenvalue weighted by atomic mass is 32.2. The lowest BCUT2D eigenvalue weighted by Gasteiger charge is -2.08. The van der Waals surface area contributed by atoms with Gasteiger partial charge in [0.25, 0.3) is 5.91 Å². The van der Waals surface area contributed by atoms with E-state index >= 15 is 0 Å². The molecule has 0 fully saturated rings. The number of fused-ring (bicyclic) bond motifs is 1. The number of esters is 1. The van der Waals surface area contributed by atoms with Crippen molar-refractivity contribution in [2.45, 2.75) is 4.34 Å². The van der Waals surface area contributed by atoms with Gasteiger partial charge in [-0.3, -0.25) is 9.59 Å². The third kappa shape index (κ3) is 5.70. The molecular formula is C25H19N3O6S2. The molecule has 9 nitrogen and oxygen atoms in total. The van der Waals surface area contributed by atoms with Crippen LogP contribution in [-0.4, -0.2) is 46.7 Å². The third-order valence-electron chi connectivity index (χ3n) is 4.96. The number of carboxylic acid groups (broad SMARTS) is 1. The van der Waals surface area contributed by atoms with Crippen LogP contribution in [0.15, 0.2) is 71.1 Å². The molecule has 36 heavy (non-hydrogen) atoms. The molecular weight excluding hydrogens is 502 g/mol. The van der Waals surface area contributed by atoms with Crippen molar-refractivity contribution in [3.8, 4) is 0 Å². The zero-order chi connectivity index (χ0) is 25.7. The Morgan fingerprint density at radius 1 is 0.944 bits per heavy atom. The molecule has 0 saturated carbocycles. The summed E-state index contributed by atoms with van der Waals surface area (Å²) in [5.74, 6) is -2.49. The standard InChI is InChI=1S/C25H19N3O6S2/c1-34-24(33)17-8-4-5-9-18(17)27-21(29)13-35-25-28-19-11-10-14(12-20(19)36-25)26-22(30)15-6-2-3-7-16(15)23(31)32/h2-12H,13H2,1H3,(H,26,30)(H,27,29)(H,31,32). The number of aromatic carboxylic acids is 1. The normalized spacial score (nSPS) is 10.6. The number of carbonyl (C=O) groups is 4. The van der Waals surface area contributed by atoms with Crippen molar-refractivity contribution in [3.63, 3.8) is 0 Å². The van der Waals surface area contributed by atoms with Crippen molar-refractivity contribution in [2.24, 2.45) is 0 Å². The maximum Gasteiger partial charge on any atom is 0.339 e. The molecule has 1 aromatic heterocycles. The van der Waals surface area contributed by atoms with Crippen molar-refractivity contribution in [3.05, 3.63) is 83.4 Å². The Labute approximate surface area is 213 Å². The fourth-order valence-corrected chi connectivity index (χ4v) is 5.21. The van der Waals surface area contributed by atoms with Crippen LogP contribution in [0, 0.1) is 0 Å². The first-order valence-corrected chi connectivity index (χ1v) is 12.3. The number of benzene rings is 3. The molecule has 11 heteroatoms. The molecule has 4 aromatic rings. The maximum absolute atomic E-state index is 12.6. The number of aromatic nitrogens is 1. The van der Waals surface area contributed by atoms with Crippen LogP contribution in [0.3, 0.4) is 0 Å². The molecule has 0 aliphatic heterocycles. The first-order chi connectivity index (χ1) is 17.4. The van der Waals surface area contributed by atoms with Gasteiger partial charge in [0.2, 0.25) is 5.91 Å². The number of carbonyl (C=O) groups excluding carboxylic acids is 3. The van der Waals surface area contributed by atoms with Crippen LogP contribution < -0.4 is 10.6 Å². The molecule has 3 aromatic carbocycles.